The number of benzene rings is 1. The van der Waals surface area contributed by atoms with Crippen molar-refractivity contribution >= 4 is 5.97 Å². The zero-order chi connectivity index (χ0) is 20.3. The van der Waals surface area contributed by atoms with E-state index in [1.807, 2.05) is 0 Å². The molecule has 0 aliphatic heterocycles. The first-order chi connectivity index (χ1) is 12.6. The Morgan fingerprint density at radius 1 is 1.19 bits per heavy atom. The highest BCUT2D eigenvalue weighted by Crippen LogP contribution is 2.32. The van der Waals surface area contributed by atoms with Gasteiger partial charge in [0.15, 0.2) is 0 Å². The van der Waals surface area contributed by atoms with Crippen molar-refractivity contribution in [3.8, 4) is 17.0 Å². The maximum absolute atomic E-state index is 14.6. The second-order valence-electron chi connectivity index (χ2n) is 7.20. The van der Waals surface area contributed by atoms with Gasteiger partial charge in [0.2, 0.25) is 5.88 Å². The average molecular weight is 374 g/mol. The lowest BCUT2D eigenvalue weighted by Crippen LogP contribution is -2.36. The summed E-state index contributed by atoms with van der Waals surface area (Å²) in [5.41, 5.74) is 2.57. The zero-order valence-corrected chi connectivity index (χ0v) is 16.7. The Morgan fingerprint density at radius 2 is 1.81 bits per heavy atom. The molecule has 0 aliphatic carbocycles. The van der Waals surface area contributed by atoms with Crippen LogP contribution in [-0.2, 0) is 6.54 Å². The molecular formula is C21H27FN2O3. The van der Waals surface area contributed by atoms with E-state index >= 15 is 0 Å². The van der Waals surface area contributed by atoms with E-state index in [0.717, 1.165) is 11.8 Å². The summed E-state index contributed by atoms with van der Waals surface area (Å²) in [7, 11) is 1.48. The highest BCUT2D eigenvalue weighted by Gasteiger charge is 2.21. The van der Waals surface area contributed by atoms with Crippen molar-refractivity contribution in [2.45, 2.75) is 53.2 Å². The van der Waals surface area contributed by atoms with E-state index in [4.69, 9.17) is 4.74 Å². The number of nitrogens with zero attached hydrogens (tertiary/aromatic N) is 2. The third kappa shape index (κ3) is 4.63. The van der Waals surface area contributed by atoms with Crippen molar-refractivity contribution in [3.63, 3.8) is 0 Å². The van der Waals surface area contributed by atoms with Crippen LogP contribution in [0.4, 0.5) is 4.39 Å². The van der Waals surface area contributed by atoms with Gasteiger partial charge in [-0.3, -0.25) is 4.90 Å². The van der Waals surface area contributed by atoms with Gasteiger partial charge in [-0.2, -0.15) is 0 Å². The molecule has 1 N–H and O–H groups in total. The van der Waals surface area contributed by atoms with Crippen molar-refractivity contribution in [2.75, 3.05) is 7.11 Å². The maximum Gasteiger partial charge on any atom is 0.335 e. The summed E-state index contributed by atoms with van der Waals surface area (Å²) in [6.45, 7) is 10.6. The van der Waals surface area contributed by atoms with Crippen LogP contribution in [0.25, 0.3) is 11.1 Å². The summed E-state index contributed by atoms with van der Waals surface area (Å²) < 4.78 is 19.7. The molecule has 0 atom stereocenters. The Labute approximate surface area is 159 Å². The molecule has 1 aromatic heterocycles. The van der Waals surface area contributed by atoms with Gasteiger partial charge in [0.05, 0.1) is 18.9 Å². The van der Waals surface area contributed by atoms with Gasteiger partial charge in [-0.25, -0.2) is 14.2 Å². The normalized spacial score (nSPS) is 11.5. The predicted molar refractivity (Wildman–Crippen MR) is 104 cm³/mol. The van der Waals surface area contributed by atoms with Gasteiger partial charge in [0, 0.05) is 30.3 Å². The molecule has 2 rings (SSSR count). The summed E-state index contributed by atoms with van der Waals surface area (Å²) in [6.07, 6.45) is 1.13. The first kappa shape index (κ1) is 20.8. The second kappa shape index (κ2) is 8.48. The topological polar surface area (TPSA) is 62.7 Å². The molecule has 0 fully saturated rings. The Bertz CT molecular complexity index is 826. The smallest absolute Gasteiger partial charge is 0.335 e. The third-order valence-corrected chi connectivity index (χ3v) is 4.69. The van der Waals surface area contributed by atoms with Gasteiger partial charge < -0.3 is 9.84 Å². The summed E-state index contributed by atoms with van der Waals surface area (Å²) in [5.74, 6) is -1.16. The molecule has 0 unspecified atom stereocenters. The lowest BCUT2D eigenvalue weighted by atomic mass is 9.93. The molecule has 27 heavy (non-hydrogen) atoms. The minimum absolute atomic E-state index is 0.225. The number of methoxy groups -OCH3 is 1. The first-order valence-electron chi connectivity index (χ1n) is 8.98. The van der Waals surface area contributed by atoms with E-state index in [9.17, 15) is 14.3 Å². The number of halogens is 1. The number of ether oxygens (including phenoxy) is 1. The summed E-state index contributed by atoms with van der Waals surface area (Å²) in [5, 5.41) is 9.52. The molecule has 0 bridgehead atoms. The molecule has 1 aromatic carbocycles. The van der Waals surface area contributed by atoms with Crippen LogP contribution in [0.1, 0.15) is 49.2 Å². The number of hydrogen-bond acceptors (Lipinski definition) is 4. The minimum atomic E-state index is -0.992. The third-order valence-electron chi connectivity index (χ3n) is 4.69. The largest absolute Gasteiger partial charge is 0.481 e. The molecule has 6 heteroatoms. The molecule has 0 aliphatic rings. The Morgan fingerprint density at radius 3 is 2.33 bits per heavy atom. The minimum Gasteiger partial charge on any atom is -0.481 e. The summed E-state index contributed by atoms with van der Waals surface area (Å²) >= 11 is 0. The molecule has 0 saturated heterocycles. The molecule has 146 valence electrons. The van der Waals surface area contributed by atoms with E-state index in [1.54, 1.807) is 25.1 Å². The fourth-order valence-corrected chi connectivity index (χ4v) is 3.26. The van der Waals surface area contributed by atoms with Crippen LogP contribution in [0.2, 0.25) is 0 Å². The number of pyridine rings is 1. The number of rotatable bonds is 7. The molecule has 0 saturated carbocycles. The van der Waals surface area contributed by atoms with Crippen LogP contribution in [0, 0.1) is 12.7 Å². The number of carboxylic acid groups (broad SMARTS) is 1. The van der Waals surface area contributed by atoms with E-state index in [1.165, 1.54) is 7.11 Å². The molecule has 0 spiro atoms. The highest BCUT2D eigenvalue weighted by molar-refractivity contribution is 5.91. The fourth-order valence-electron chi connectivity index (χ4n) is 3.26. The lowest BCUT2D eigenvalue weighted by molar-refractivity contribution is 0.0696. The van der Waals surface area contributed by atoms with Crippen LogP contribution in [0.15, 0.2) is 24.4 Å². The molecule has 0 amide bonds. The first-order valence-corrected chi connectivity index (χ1v) is 8.98. The Balaban J connectivity index is 2.69. The summed E-state index contributed by atoms with van der Waals surface area (Å²) in [4.78, 5) is 17.8. The lowest BCUT2D eigenvalue weighted by Gasteiger charge is -2.31. The van der Waals surface area contributed by atoms with Gasteiger partial charge in [-0.15, -0.1) is 0 Å². The number of aromatic nitrogens is 1. The van der Waals surface area contributed by atoms with Crippen molar-refractivity contribution in [3.05, 3.63) is 46.9 Å². The van der Waals surface area contributed by atoms with Crippen LogP contribution in [-0.4, -0.2) is 40.2 Å². The second-order valence-corrected chi connectivity index (χ2v) is 7.20. The van der Waals surface area contributed by atoms with Gasteiger partial charge in [0.1, 0.15) is 5.82 Å². The van der Waals surface area contributed by atoms with Crippen molar-refractivity contribution in [1.29, 1.82) is 0 Å². The molecule has 2 aromatic rings. The number of aromatic carboxylic acids is 1. The highest BCUT2D eigenvalue weighted by atomic mass is 19.1. The number of carboxylic acids is 1. The van der Waals surface area contributed by atoms with Crippen LogP contribution < -0.4 is 4.74 Å². The number of aryl methyl sites for hydroxylation is 1. The van der Waals surface area contributed by atoms with Gasteiger partial charge >= 0.3 is 5.97 Å². The van der Waals surface area contributed by atoms with Crippen LogP contribution in [0.3, 0.4) is 0 Å². The van der Waals surface area contributed by atoms with Crippen molar-refractivity contribution < 1.29 is 19.0 Å². The Kier molecular flexibility index (Phi) is 6.54. The SMILES string of the molecule is COc1cc(-c2cc(C)c(C(=O)O)cc2CN(C(C)C)C(C)C)c(F)cn1. The summed E-state index contributed by atoms with van der Waals surface area (Å²) in [6, 6.07) is 5.43. The van der Waals surface area contributed by atoms with Crippen molar-refractivity contribution in [2.24, 2.45) is 0 Å². The zero-order valence-electron chi connectivity index (χ0n) is 16.7. The fraction of sp³-hybridized carbons (Fsp3) is 0.429. The Hall–Kier alpha value is -2.47. The number of hydrogen-bond donors (Lipinski definition) is 1. The molecule has 5 nitrogen and oxygen atoms in total. The van der Waals surface area contributed by atoms with E-state index in [2.05, 4.69) is 37.6 Å². The molecule has 1 heterocycles. The van der Waals surface area contributed by atoms with Gasteiger partial charge in [-0.1, -0.05) is 6.07 Å². The van der Waals surface area contributed by atoms with Crippen LogP contribution >= 0.6 is 0 Å². The number of carbonyl (C=O) groups is 1. The van der Waals surface area contributed by atoms with Gasteiger partial charge in [0.25, 0.3) is 0 Å². The van der Waals surface area contributed by atoms with E-state index < -0.39 is 11.8 Å². The standard InChI is InChI=1S/C21H27FN2O3/c1-12(2)24(13(3)4)11-15-8-16(21(25)26)14(5)7-17(15)18-9-20(27-6)23-10-19(18)22/h7-10,12-13H,11H2,1-6H3,(H,25,26). The van der Waals surface area contributed by atoms with Crippen molar-refractivity contribution in [1.82, 2.24) is 9.88 Å². The predicted octanol–water partition coefficient (Wildman–Crippen LogP) is 4.52. The molecular weight excluding hydrogens is 347 g/mol. The maximum atomic E-state index is 14.6. The van der Waals surface area contributed by atoms with E-state index in [-0.39, 0.29) is 17.6 Å². The molecule has 0 radical (unpaired) electrons. The van der Waals surface area contributed by atoms with Crippen LogP contribution in [0.5, 0.6) is 5.88 Å². The quantitative estimate of drug-likeness (QED) is 0.772. The van der Waals surface area contributed by atoms with E-state index in [0.29, 0.717) is 29.1 Å². The monoisotopic (exact) mass is 374 g/mol. The average Bonchev–Trinajstić information content (AvgIpc) is 2.59. The van der Waals surface area contributed by atoms with Gasteiger partial charge in [-0.05, 0) is 57.4 Å².